The number of amides is 1. The second-order valence-corrected chi connectivity index (χ2v) is 5.00. The highest BCUT2D eigenvalue weighted by Gasteiger charge is 2.11. The Bertz CT molecular complexity index is 628. The van der Waals surface area contributed by atoms with Gasteiger partial charge in [0.15, 0.2) is 0 Å². The van der Waals surface area contributed by atoms with Crippen LogP contribution in [-0.2, 0) is 0 Å². The summed E-state index contributed by atoms with van der Waals surface area (Å²) in [6.07, 6.45) is 2.04. The van der Waals surface area contributed by atoms with Crippen LogP contribution >= 0.6 is 12.2 Å². The summed E-state index contributed by atoms with van der Waals surface area (Å²) in [7, 11) is 0. The van der Waals surface area contributed by atoms with Crippen molar-refractivity contribution in [3.05, 3.63) is 54.2 Å². The third kappa shape index (κ3) is 4.00. The van der Waals surface area contributed by atoms with Gasteiger partial charge in [-0.1, -0.05) is 30.4 Å². The molecule has 0 aliphatic rings. The van der Waals surface area contributed by atoms with Gasteiger partial charge in [0.2, 0.25) is 5.91 Å². The zero-order chi connectivity index (χ0) is 15.2. The van der Waals surface area contributed by atoms with E-state index in [1.807, 2.05) is 35.2 Å². The molecule has 0 radical (unpaired) electrons. The third-order valence-electron chi connectivity index (χ3n) is 2.96. The molecule has 0 bridgehead atoms. The summed E-state index contributed by atoms with van der Waals surface area (Å²) in [5, 5.41) is 0. The normalized spacial score (nSPS) is 10.1. The van der Waals surface area contributed by atoms with Crippen molar-refractivity contribution in [1.82, 2.24) is 4.98 Å². The molecule has 1 heterocycles. The number of primary amides is 1. The maximum Gasteiger partial charge on any atom is 0.250 e. The monoisotopic (exact) mass is 300 g/mol. The van der Waals surface area contributed by atoms with Crippen LogP contribution in [-0.4, -0.2) is 22.4 Å². The molecule has 21 heavy (non-hydrogen) atoms. The van der Waals surface area contributed by atoms with Gasteiger partial charge >= 0.3 is 0 Å². The van der Waals surface area contributed by atoms with Gasteiger partial charge in [0.05, 0.1) is 10.6 Å². The van der Waals surface area contributed by atoms with Crippen LogP contribution in [0.2, 0.25) is 0 Å². The van der Waals surface area contributed by atoms with Crippen molar-refractivity contribution in [2.45, 2.75) is 6.42 Å². The van der Waals surface area contributed by atoms with E-state index in [1.165, 1.54) is 6.20 Å². The Morgan fingerprint density at radius 2 is 1.86 bits per heavy atom. The van der Waals surface area contributed by atoms with Crippen LogP contribution < -0.4 is 16.4 Å². The third-order valence-corrected chi connectivity index (χ3v) is 3.16. The molecule has 0 spiro atoms. The standard InChI is InChI=1S/C15H16N4OS/c16-13(21)8-9-19(12-4-2-1-3-5-12)14-7-6-11(10-18-14)15(17)20/h1-7,10H,8-9H2,(H2,16,21)(H2,17,20). The van der Waals surface area contributed by atoms with Gasteiger partial charge in [-0.3, -0.25) is 4.79 Å². The number of thiocarbonyl (C=S) groups is 1. The smallest absolute Gasteiger partial charge is 0.250 e. The summed E-state index contributed by atoms with van der Waals surface area (Å²) in [5.74, 6) is 0.214. The number of nitrogens with two attached hydrogens (primary N) is 2. The van der Waals surface area contributed by atoms with Gasteiger partial charge in [0.25, 0.3) is 0 Å². The fourth-order valence-electron chi connectivity index (χ4n) is 1.90. The Morgan fingerprint density at radius 3 is 2.38 bits per heavy atom. The van der Waals surface area contributed by atoms with Crippen LogP contribution in [0.5, 0.6) is 0 Å². The molecule has 0 saturated carbocycles. The van der Waals surface area contributed by atoms with Gasteiger partial charge in [0, 0.05) is 24.8 Å². The molecule has 108 valence electrons. The van der Waals surface area contributed by atoms with Crippen LogP contribution in [0.1, 0.15) is 16.8 Å². The van der Waals surface area contributed by atoms with Crippen molar-refractivity contribution < 1.29 is 4.79 Å². The van der Waals surface area contributed by atoms with Gasteiger partial charge in [-0.25, -0.2) is 4.98 Å². The summed E-state index contributed by atoms with van der Waals surface area (Å²) >= 11 is 4.94. The van der Waals surface area contributed by atoms with Gasteiger partial charge in [0.1, 0.15) is 5.82 Å². The number of carbonyl (C=O) groups excluding carboxylic acids is 1. The number of para-hydroxylation sites is 1. The van der Waals surface area contributed by atoms with Gasteiger partial charge in [-0.2, -0.15) is 0 Å². The second kappa shape index (κ2) is 6.81. The molecule has 0 unspecified atom stereocenters. The largest absolute Gasteiger partial charge is 0.393 e. The number of carbonyl (C=O) groups is 1. The summed E-state index contributed by atoms with van der Waals surface area (Å²) in [6.45, 7) is 0.613. The first kappa shape index (κ1) is 14.9. The number of aromatic nitrogens is 1. The van der Waals surface area contributed by atoms with E-state index in [-0.39, 0.29) is 0 Å². The molecule has 4 N–H and O–H groups in total. The predicted molar refractivity (Wildman–Crippen MR) is 87.6 cm³/mol. The topological polar surface area (TPSA) is 85.2 Å². The summed E-state index contributed by atoms with van der Waals surface area (Å²) < 4.78 is 0. The molecule has 2 aromatic rings. The molecule has 0 aliphatic carbocycles. The Labute approximate surface area is 128 Å². The van der Waals surface area contributed by atoms with Crippen molar-refractivity contribution >= 4 is 34.6 Å². The van der Waals surface area contributed by atoms with Crippen molar-refractivity contribution in [2.24, 2.45) is 11.5 Å². The lowest BCUT2D eigenvalue weighted by molar-refractivity contribution is 0.1000. The van der Waals surface area contributed by atoms with Crippen LogP contribution in [0.15, 0.2) is 48.7 Å². The number of benzene rings is 1. The Hall–Kier alpha value is -2.47. The summed E-state index contributed by atoms with van der Waals surface area (Å²) in [4.78, 5) is 17.8. The molecule has 2 rings (SSSR count). The minimum atomic E-state index is -0.497. The lowest BCUT2D eigenvalue weighted by Gasteiger charge is -2.23. The zero-order valence-electron chi connectivity index (χ0n) is 11.4. The first-order valence-electron chi connectivity index (χ1n) is 6.44. The van der Waals surface area contributed by atoms with Gasteiger partial charge in [-0.15, -0.1) is 0 Å². The predicted octanol–water partition coefficient (Wildman–Crippen LogP) is 1.99. The number of hydrogen-bond acceptors (Lipinski definition) is 4. The molecule has 0 aliphatic heterocycles. The van der Waals surface area contributed by atoms with E-state index in [0.29, 0.717) is 29.3 Å². The van der Waals surface area contributed by atoms with E-state index in [2.05, 4.69) is 4.98 Å². The van der Waals surface area contributed by atoms with Crippen LogP contribution in [0.4, 0.5) is 11.5 Å². The van der Waals surface area contributed by atoms with E-state index in [0.717, 1.165) is 5.69 Å². The molecule has 0 atom stereocenters. The molecule has 5 nitrogen and oxygen atoms in total. The number of pyridine rings is 1. The second-order valence-electron chi connectivity index (χ2n) is 4.47. The van der Waals surface area contributed by atoms with Crippen molar-refractivity contribution in [1.29, 1.82) is 0 Å². The minimum Gasteiger partial charge on any atom is -0.393 e. The molecule has 1 aromatic heterocycles. The van der Waals surface area contributed by atoms with E-state index >= 15 is 0 Å². The molecule has 1 amide bonds. The Morgan fingerprint density at radius 1 is 1.14 bits per heavy atom. The fraction of sp³-hybridized carbons (Fsp3) is 0.133. The first-order chi connectivity index (χ1) is 10.1. The number of hydrogen-bond donors (Lipinski definition) is 2. The van der Waals surface area contributed by atoms with Crippen molar-refractivity contribution in [3.63, 3.8) is 0 Å². The van der Waals surface area contributed by atoms with E-state index < -0.39 is 5.91 Å². The number of rotatable bonds is 6. The lowest BCUT2D eigenvalue weighted by atomic mass is 10.2. The van der Waals surface area contributed by atoms with E-state index in [9.17, 15) is 4.79 Å². The maximum absolute atomic E-state index is 11.1. The Kier molecular flexibility index (Phi) is 4.84. The number of anilines is 2. The molecular formula is C15H16N4OS. The minimum absolute atomic E-state index is 0.376. The van der Waals surface area contributed by atoms with Crippen LogP contribution in [0.25, 0.3) is 0 Å². The maximum atomic E-state index is 11.1. The zero-order valence-corrected chi connectivity index (χ0v) is 12.2. The SMILES string of the molecule is NC(=O)c1ccc(N(CCC(N)=S)c2ccccc2)nc1. The first-order valence-corrected chi connectivity index (χ1v) is 6.85. The van der Waals surface area contributed by atoms with Crippen molar-refractivity contribution in [2.75, 3.05) is 11.4 Å². The molecular weight excluding hydrogens is 284 g/mol. The average molecular weight is 300 g/mol. The van der Waals surface area contributed by atoms with Crippen LogP contribution in [0.3, 0.4) is 0 Å². The number of nitrogens with zero attached hydrogens (tertiary/aromatic N) is 2. The molecule has 1 aromatic carbocycles. The quantitative estimate of drug-likeness (QED) is 0.797. The summed E-state index contributed by atoms with van der Waals surface area (Å²) in [5.41, 5.74) is 12.2. The molecule has 0 fully saturated rings. The Balaban J connectivity index is 2.30. The van der Waals surface area contributed by atoms with Crippen LogP contribution in [0, 0.1) is 0 Å². The van der Waals surface area contributed by atoms with E-state index in [4.69, 9.17) is 23.7 Å². The summed E-state index contributed by atoms with van der Waals surface area (Å²) in [6, 6.07) is 13.2. The lowest BCUT2D eigenvalue weighted by Crippen LogP contribution is -2.24. The fourth-order valence-corrected chi connectivity index (χ4v) is 1.99. The molecule has 6 heteroatoms. The average Bonchev–Trinajstić information content (AvgIpc) is 2.49. The highest BCUT2D eigenvalue weighted by atomic mass is 32.1. The van der Waals surface area contributed by atoms with Gasteiger partial charge in [-0.05, 0) is 24.3 Å². The van der Waals surface area contributed by atoms with Crippen molar-refractivity contribution in [3.8, 4) is 0 Å². The van der Waals surface area contributed by atoms with E-state index in [1.54, 1.807) is 12.1 Å². The molecule has 0 saturated heterocycles. The highest BCUT2D eigenvalue weighted by molar-refractivity contribution is 7.80. The van der Waals surface area contributed by atoms with Gasteiger partial charge < -0.3 is 16.4 Å². The highest BCUT2D eigenvalue weighted by Crippen LogP contribution is 2.23.